The van der Waals surface area contributed by atoms with E-state index in [0.29, 0.717) is 0 Å². The van der Waals surface area contributed by atoms with Gasteiger partial charge in [0.1, 0.15) is 5.82 Å². The zero-order chi connectivity index (χ0) is 16.5. The molecule has 0 bridgehead atoms. The van der Waals surface area contributed by atoms with Gasteiger partial charge in [-0.05, 0) is 35.2 Å². The van der Waals surface area contributed by atoms with E-state index in [0.717, 1.165) is 44.7 Å². The van der Waals surface area contributed by atoms with Crippen LogP contribution in [0.25, 0.3) is 33.3 Å². The third-order valence-electron chi connectivity index (χ3n) is 4.33. The van der Waals surface area contributed by atoms with Crippen LogP contribution >= 0.6 is 0 Å². The van der Waals surface area contributed by atoms with E-state index in [2.05, 4.69) is 40.3 Å². The van der Waals surface area contributed by atoms with Gasteiger partial charge in [0.25, 0.3) is 0 Å². The highest BCUT2D eigenvalue weighted by molar-refractivity contribution is 5.92. The molecule has 2 N–H and O–H groups in total. The van der Waals surface area contributed by atoms with E-state index in [1.165, 1.54) is 0 Å². The molecule has 1 aromatic heterocycles. The lowest BCUT2D eigenvalue weighted by Crippen LogP contribution is -1.89. The lowest BCUT2D eigenvalue weighted by atomic mass is 9.97. The van der Waals surface area contributed by atoms with Crippen LogP contribution in [0.1, 0.15) is 11.4 Å². The molecule has 0 radical (unpaired) electrons. The highest BCUT2D eigenvalue weighted by Gasteiger charge is 2.08. The summed E-state index contributed by atoms with van der Waals surface area (Å²) in [5.74, 6) is 0.922. The number of nitrogens with one attached hydrogen (secondary N) is 1. The molecule has 3 heteroatoms. The number of benzene rings is 3. The third kappa shape index (κ3) is 2.49. The van der Waals surface area contributed by atoms with Crippen molar-refractivity contribution in [2.24, 2.45) is 0 Å². The summed E-state index contributed by atoms with van der Waals surface area (Å²) >= 11 is 0. The molecule has 3 nitrogen and oxygen atoms in total. The first-order valence-corrected chi connectivity index (χ1v) is 8.01. The number of aryl methyl sites for hydroxylation is 1. The molecule has 1 heterocycles. The summed E-state index contributed by atoms with van der Waals surface area (Å²) < 4.78 is 0. The number of para-hydroxylation sites is 1. The fourth-order valence-electron chi connectivity index (χ4n) is 3.16. The minimum atomic E-state index is 0.0454. The molecule has 4 rings (SSSR count). The van der Waals surface area contributed by atoms with Crippen molar-refractivity contribution in [2.45, 2.75) is 13.5 Å². The van der Waals surface area contributed by atoms with Crippen molar-refractivity contribution >= 4 is 11.0 Å². The SMILES string of the molecule is Cc1nc2c(-c3ccc(-c4ccccc4CO)cc3)cccc2[nH]1. The van der Waals surface area contributed by atoms with E-state index in [4.69, 9.17) is 0 Å². The normalized spacial score (nSPS) is 11.1. The number of nitrogens with zero attached hydrogens (tertiary/aromatic N) is 1. The molecule has 4 aromatic rings. The van der Waals surface area contributed by atoms with E-state index < -0.39 is 0 Å². The number of imidazole rings is 1. The molecular weight excluding hydrogens is 296 g/mol. The summed E-state index contributed by atoms with van der Waals surface area (Å²) in [7, 11) is 0. The van der Waals surface area contributed by atoms with Crippen LogP contribution < -0.4 is 0 Å². The Balaban J connectivity index is 1.78. The maximum Gasteiger partial charge on any atom is 0.104 e. The van der Waals surface area contributed by atoms with Gasteiger partial charge in [0, 0.05) is 5.56 Å². The Morgan fingerprint density at radius 1 is 0.833 bits per heavy atom. The van der Waals surface area contributed by atoms with Gasteiger partial charge in [-0.3, -0.25) is 0 Å². The van der Waals surface area contributed by atoms with Gasteiger partial charge in [0.05, 0.1) is 17.6 Å². The fraction of sp³-hybridized carbons (Fsp3) is 0.0952. The Bertz CT molecular complexity index is 1000. The highest BCUT2D eigenvalue weighted by atomic mass is 16.3. The Hall–Kier alpha value is -2.91. The Morgan fingerprint density at radius 3 is 2.25 bits per heavy atom. The first-order valence-electron chi connectivity index (χ1n) is 8.01. The van der Waals surface area contributed by atoms with E-state index in [9.17, 15) is 5.11 Å². The summed E-state index contributed by atoms with van der Waals surface area (Å²) in [6, 6.07) is 22.6. The van der Waals surface area contributed by atoms with E-state index in [1.54, 1.807) is 0 Å². The monoisotopic (exact) mass is 314 g/mol. The number of aliphatic hydroxyl groups excluding tert-OH is 1. The average molecular weight is 314 g/mol. The second kappa shape index (κ2) is 5.95. The highest BCUT2D eigenvalue weighted by Crippen LogP contribution is 2.30. The molecule has 0 saturated carbocycles. The standard InChI is InChI=1S/C21H18N2O/c1-14-22-20-8-4-7-19(21(20)23-14)16-11-9-15(10-12-16)18-6-3-2-5-17(18)13-24/h2-12,24H,13H2,1H3,(H,22,23). The molecule has 0 aliphatic rings. The number of hydrogen-bond donors (Lipinski definition) is 2. The van der Waals surface area contributed by atoms with E-state index in [-0.39, 0.29) is 6.61 Å². The van der Waals surface area contributed by atoms with Crippen LogP contribution in [0.3, 0.4) is 0 Å². The third-order valence-corrected chi connectivity index (χ3v) is 4.33. The zero-order valence-electron chi connectivity index (χ0n) is 13.5. The molecule has 0 amide bonds. The second-order valence-electron chi connectivity index (χ2n) is 5.92. The van der Waals surface area contributed by atoms with Crippen molar-refractivity contribution < 1.29 is 5.11 Å². The van der Waals surface area contributed by atoms with Gasteiger partial charge in [-0.15, -0.1) is 0 Å². The minimum absolute atomic E-state index is 0.0454. The summed E-state index contributed by atoms with van der Waals surface area (Å²) in [5.41, 5.74) is 7.43. The van der Waals surface area contributed by atoms with Crippen LogP contribution in [-0.4, -0.2) is 15.1 Å². The van der Waals surface area contributed by atoms with Gasteiger partial charge in [-0.1, -0.05) is 60.7 Å². The largest absolute Gasteiger partial charge is 0.392 e. The summed E-state index contributed by atoms with van der Waals surface area (Å²) in [6.07, 6.45) is 0. The van der Waals surface area contributed by atoms with Crippen molar-refractivity contribution in [1.82, 2.24) is 9.97 Å². The zero-order valence-corrected chi connectivity index (χ0v) is 13.5. The summed E-state index contributed by atoms with van der Waals surface area (Å²) in [4.78, 5) is 7.89. The van der Waals surface area contributed by atoms with Gasteiger partial charge in [0.2, 0.25) is 0 Å². The molecule has 24 heavy (non-hydrogen) atoms. The predicted molar refractivity (Wildman–Crippen MR) is 97.6 cm³/mol. The number of hydrogen-bond acceptors (Lipinski definition) is 2. The number of H-pyrrole nitrogens is 1. The molecule has 0 aliphatic heterocycles. The lowest BCUT2D eigenvalue weighted by Gasteiger charge is -2.09. The molecule has 0 atom stereocenters. The topological polar surface area (TPSA) is 48.9 Å². The van der Waals surface area contributed by atoms with Crippen molar-refractivity contribution in [2.75, 3.05) is 0 Å². The maximum atomic E-state index is 9.52. The summed E-state index contributed by atoms with van der Waals surface area (Å²) in [6.45, 7) is 2.02. The van der Waals surface area contributed by atoms with Gasteiger partial charge < -0.3 is 10.1 Å². The van der Waals surface area contributed by atoms with Crippen molar-refractivity contribution in [3.05, 3.63) is 78.1 Å². The molecule has 0 saturated heterocycles. The van der Waals surface area contributed by atoms with E-state index in [1.807, 2.05) is 43.3 Å². The first kappa shape index (κ1) is 14.7. The number of rotatable bonds is 3. The first-order chi connectivity index (χ1) is 11.8. The van der Waals surface area contributed by atoms with Crippen LogP contribution in [0.2, 0.25) is 0 Å². The van der Waals surface area contributed by atoms with Crippen LogP contribution in [0.4, 0.5) is 0 Å². The number of aliphatic hydroxyl groups is 1. The van der Waals surface area contributed by atoms with Gasteiger partial charge in [-0.25, -0.2) is 4.98 Å². The molecule has 0 fully saturated rings. The predicted octanol–water partition coefficient (Wildman–Crippen LogP) is 4.70. The lowest BCUT2D eigenvalue weighted by molar-refractivity contribution is 0.282. The van der Waals surface area contributed by atoms with Crippen LogP contribution in [-0.2, 0) is 6.61 Å². The Labute approximate surface area is 140 Å². The van der Waals surface area contributed by atoms with Crippen molar-refractivity contribution in [1.29, 1.82) is 0 Å². The number of fused-ring (bicyclic) bond motifs is 1. The quantitative estimate of drug-likeness (QED) is 0.576. The second-order valence-corrected chi connectivity index (χ2v) is 5.92. The molecule has 3 aromatic carbocycles. The van der Waals surface area contributed by atoms with Gasteiger partial charge in [0.15, 0.2) is 0 Å². The average Bonchev–Trinajstić information content (AvgIpc) is 3.02. The molecule has 0 aliphatic carbocycles. The molecular formula is C21H18N2O. The van der Waals surface area contributed by atoms with Crippen molar-refractivity contribution in [3.8, 4) is 22.3 Å². The van der Waals surface area contributed by atoms with Crippen molar-refractivity contribution in [3.63, 3.8) is 0 Å². The number of aromatic amines is 1. The Kier molecular flexibility index (Phi) is 3.63. The van der Waals surface area contributed by atoms with Gasteiger partial charge in [-0.2, -0.15) is 0 Å². The summed E-state index contributed by atoms with van der Waals surface area (Å²) in [5, 5.41) is 9.52. The number of aromatic nitrogens is 2. The van der Waals surface area contributed by atoms with Crippen LogP contribution in [0, 0.1) is 6.92 Å². The Morgan fingerprint density at radius 2 is 1.50 bits per heavy atom. The maximum absolute atomic E-state index is 9.52. The molecule has 0 unspecified atom stereocenters. The smallest absolute Gasteiger partial charge is 0.104 e. The fourth-order valence-corrected chi connectivity index (χ4v) is 3.16. The molecule has 0 spiro atoms. The minimum Gasteiger partial charge on any atom is -0.392 e. The van der Waals surface area contributed by atoms with Gasteiger partial charge >= 0.3 is 0 Å². The van der Waals surface area contributed by atoms with Crippen LogP contribution in [0.5, 0.6) is 0 Å². The van der Waals surface area contributed by atoms with E-state index >= 15 is 0 Å². The molecule has 118 valence electrons. The van der Waals surface area contributed by atoms with Crippen LogP contribution in [0.15, 0.2) is 66.7 Å².